The smallest absolute Gasteiger partial charge is 0.243 e. The zero-order valence-corrected chi connectivity index (χ0v) is 15.8. The van der Waals surface area contributed by atoms with E-state index in [2.05, 4.69) is 10.6 Å². The van der Waals surface area contributed by atoms with Crippen molar-refractivity contribution in [3.63, 3.8) is 0 Å². The molecule has 2 rings (SSSR count). The third kappa shape index (κ3) is 4.72. The number of carbonyl (C=O) groups excluding carboxylic acids is 1. The summed E-state index contributed by atoms with van der Waals surface area (Å²) in [6.07, 6.45) is 0. The van der Waals surface area contributed by atoms with Crippen LogP contribution in [-0.2, 0) is 4.79 Å². The van der Waals surface area contributed by atoms with Crippen LogP contribution in [0.4, 0.5) is 17.1 Å². The van der Waals surface area contributed by atoms with Gasteiger partial charge in [0.15, 0.2) is 11.5 Å². The maximum Gasteiger partial charge on any atom is 0.243 e. The molecule has 1 amide bonds. The number of carbonyl (C=O) groups is 1. The fourth-order valence-corrected chi connectivity index (χ4v) is 2.42. The molecular formula is C19H25N3O4. The van der Waals surface area contributed by atoms with E-state index in [1.165, 1.54) is 21.3 Å². The van der Waals surface area contributed by atoms with Crippen LogP contribution < -0.4 is 29.7 Å². The van der Waals surface area contributed by atoms with Crippen LogP contribution in [0.1, 0.15) is 0 Å². The largest absolute Gasteiger partial charge is 0.493 e. The molecule has 0 heterocycles. The van der Waals surface area contributed by atoms with E-state index in [1.54, 1.807) is 12.1 Å². The zero-order valence-electron chi connectivity index (χ0n) is 15.8. The lowest BCUT2D eigenvalue weighted by Gasteiger charge is -2.15. The number of nitrogens with zero attached hydrogens (tertiary/aromatic N) is 1. The average Bonchev–Trinajstić information content (AvgIpc) is 2.65. The second kappa shape index (κ2) is 8.84. The normalized spacial score (nSPS) is 10.0. The highest BCUT2D eigenvalue weighted by Crippen LogP contribution is 2.39. The molecule has 140 valence electrons. The van der Waals surface area contributed by atoms with Crippen molar-refractivity contribution in [1.82, 2.24) is 0 Å². The van der Waals surface area contributed by atoms with E-state index in [0.717, 1.165) is 11.4 Å². The summed E-state index contributed by atoms with van der Waals surface area (Å²) in [4.78, 5) is 14.2. The molecule has 2 N–H and O–H groups in total. The Labute approximate surface area is 153 Å². The van der Waals surface area contributed by atoms with Gasteiger partial charge in [-0.3, -0.25) is 4.79 Å². The fraction of sp³-hybridized carbons (Fsp3) is 0.316. The Morgan fingerprint density at radius 2 is 1.50 bits per heavy atom. The molecule has 7 nitrogen and oxygen atoms in total. The van der Waals surface area contributed by atoms with Gasteiger partial charge < -0.3 is 29.7 Å². The highest BCUT2D eigenvalue weighted by Gasteiger charge is 2.14. The van der Waals surface area contributed by atoms with Gasteiger partial charge in [-0.2, -0.15) is 0 Å². The zero-order chi connectivity index (χ0) is 19.1. The summed E-state index contributed by atoms with van der Waals surface area (Å²) in [7, 11) is 8.55. The van der Waals surface area contributed by atoms with Gasteiger partial charge >= 0.3 is 0 Å². The van der Waals surface area contributed by atoms with Crippen molar-refractivity contribution in [3.8, 4) is 17.2 Å². The summed E-state index contributed by atoms with van der Waals surface area (Å²) in [5.74, 6) is 1.26. The standard InChI is InChI=1S/C19H25N3O4/c1-22(2)15-8-6-13(7-9-15)20-12-18(23)21-14-10-16(24-3)19(26-5)17(11-14)25-4/h6-11,20H,12H2,1-5H3,(H,21,23). The van der Waals surface area contributed by atoms with Crippen molar-refractivity contribution in [2.45, 2.75) is 0 Å². The Balaban J connectivity index is 2.01. The Morgan fingerprint density at radius 3 is 1.96 bits per heavy atom. The molecule has 0 aliphatic carbocycles. The van der Waals surface area contributed by atoms with E-state index in [0.29, 0.717) is 22.9 Å². The summed E-state index contributed by atoms with van der Waals surface area (Å²) >= 11 is 0. The number of amides is 1. The number of rotatable bonds is 8. The minimum atomic E-state index is -0.184. The van der Waals surface area contributed by atoms with E-state index in [4.69, 9.17) is 14.2 Å². The molecule has 0 radical (unpaired) electrons. The number of hydrogen-bond acceptors (Lipinski definition) is 6. The van der Waals surface area contributed by atoms with Gasteiger partial charge in [0.2, 0.25) is 11.7 Å². The van der Waals surface area contributed by atoms with Crippen molar-refractivity contribution < 1.29 is 19.0 Å². The van der Waals surface area contributed by atoms with Gasteiger partial charge in [-0.05, 0) is 24.3 Å². The van der Waals surface area contributed by atoms with Gasteiger partial charge in [0.05, 0.1) is 27.9 Å². The number of methoxy groups -OCH3 is 3. The molecule has 0 fully saturated rings. The number of anilines is 3. The molecule has 0 aliphatic heterocycles. The summed E-state index contributed by atoms with van der Waals surface area (Å²) in [6.45, 7) is 0.137. The fourth-order valence-electron chi connectivity index (χ4n) is 2.42. The predicted molar refractivity (Wildman–Crippen MR) is 104 cm³/mol. The molecule has 0 bridgehead atoms. The topological polar surface area (TPSA) is 72.1 Å². The van der Waals surface area contributed by atoms with E-state index in [-0.39, 0.29) is 12.5 Å². The van der Waals surface area contributed by atoms with Crippen LogP contribution >= 0.6 is 0 Å². The van der Waals surface area contributed by atoms with Gasteiger partial charge in [-0.1, -0.05) is 0 Å². The first-order valence-corrected chi connectivity index (χ1v) is 8.09. The Kier molecular flexibility index (Phi) is 6.54. The molecule has 0 aliphatic rings. The highest BCUT2D eigenvalue weighted by atomic mass is 16.5. The molecule has 2 aromatic rings. The molecule has 2 aromatic carbocycles. The highest BCUT2D eigenvalue weighted by molar-refractivity contribution is 5.94. The van der Waals surface area contributed by atoms with E-state index >= 15 is 0 Å². The van der Waals surface area contributed by atoms with Crippen LogP contribution in [0.2, 0.25) is 0 Å². The van der Waals surface area contributed by atoms with Crippen LogP contribution in [0.5, 0.6) is 17.2 Å². The summed E-state index contributed by atoms with van der Waals surface area (Å²) in [5, 5.41) is 5.91. The lowest BCUT2D eigenvalue weighted by Crippen LogP contribution is -2.21. The maximum absolute atomic E-state index is 12.2. The Morgan fingerprint density at radius 1 is 0.923 bits per heavy atom. The number of benzene rings is 2. The number of hydrogen-bond donors (Lipinski definition) is 2. The van der Waals surface area contributed by atoms with Crippen LogP contribution in [-0.4, -0.2) is 47.9 Å². The van der Waals surface area contributed by atoms with E-state index in [9.17, 15) is 4.79 Å². The van der Waals surface area contributed by atoms with Crippen molar-refractivity contribution in [1.29, 1.82) is 0 Å². The Bertz CT molecular complexity index is 720. The first-order valence-electron chi connectivity index (χ1n) is 8.09. The van der Waals surface area contributed by atoms with Gasteiger partial charge in [0, 0.05) is 43.3 Å². The first-order chi connectivity index (χ1) is 12.5. The van der Waals surface area contributed by atoms with Crippen molar-refractivity contribution in [3.05, 3.63) is 36.4 Å². The second-order valence-corrected chi connectivity index (χ2v) is 5.76. The second-order valence-electron chi connectivity index (χ2n) is 5.76. The maximum atomic E-state index is 12.2. The van der Waals surface area contributed by atoms with Crippen LogP contribution in [0, 0.1) is 0 Å². The minimum Gasteiger partial charge on any atom is -0.493 e. The minimum absolute atomic E-state index is 0.137. The molecular weight excluding hydrogens is 334 g/mol. The molecule has 0 aromatic heterocycles. The third-order valence-electron chi connectivity index (χ3n) is 3.79. The van der Waals surface area contributed by atoms with Crippen molar-refractivity contribution in [2.24, 2.45) is 0 Å². The Hall–Kier alpha value is -3.09. The summed E-state index contributed by atoms with van der Waals surface area (Å²) in [5.41, 5.74) is 2.53. The quantitative estimate of drug-likeness (QED) is 0.755. The number of ether oxygens (including phenoxy) is 3. The average molecular weight is 359 g/mol. The van der Waals surface area contributed by atoms with Crippen LogP contribution in [0.25, 0.3) is 0 Å². The van der Waals surface area contributed by atoms with Crippen molar-refractivity contribution in [2.75, 3.05) is 57.5 Å². The van der Waals surface area contributed by atoms with Crippen LogP contribution in [0.15, 0.2) is 36.4 Å². The van der Waals surface area contributed by atoms with Gasteiger partial charge in [0.25, 0.3) is 0 Å². The van der Waals surface area contributed by atoms with Gasteiger partial charge in [0.1, 0.15) is 0 Å². The van der Waals surface area contributed by atoms with E-state index in [1.807, 2.05) is 43.3 Å². The lowest BCUT2D eigenvalue weighted by molar-refractivity contribution is -0.114. The lowest BCUT2D eigenvalue weighted by atomic mass is 10.2. The SMILES string of the molecule is COc1cc(NC(=O)CNc2ccc(N(C)C)cc2)cc(OC)c1OC. The molecule has 0 spiro atoms. The number of nitrogens with one attached hydrogen (secondary N) is 2. The van der Waals surface area contributed by atoms with E-state index < -0.39 is 0 Å². The van der Waals surface area contributed by atoms with Crippen LogP contribution in [0.3, 0.4) is 0 Å². The molecule has 0 saturated carbocycles. The van der Waals surface area contributed by atoms with Gasteiger partial charge in [-0.15, -0.1) is 0 Å². The van der Waals surface area contributed by atoms with Crippen molar-refractivity contribution >= 4 is 23.0 Å². The molecule has 0 saturated heterocycles. The summed E-state index contributed by atoms with van der Waals surface area (Å²) in [6, 6.07) is 11.2. The third-order valence-corrected chi connectivity index (χ3v) is 3.79. The monoisotopic (exact) mass is 359 g/mol. The molecule has 7 heteroatoms. The summed E-state index contributed by atoms with van der Waals surface area (Å²) < 4.78 is 15.8. The predicted octanol–water partition coefficient (Wildman–Crippen LogP) is 2.83. The first kappa shape index (κ1) is 19.2. The van der Waals surface area contributed by atoms with Gasteiger partial charge in [-0.25, -0.2) is 0 Å². The molecule has 0 unspecified atom stereocenters. The molecule has 26 heavy (non-hydrogen) atoms. The molecule has 0 atom stereocenters.